The van der Waals surface area contributed by atoms with E-state index in [1.807, 2.05) is 12.1 Å². The number of rotatable bonds is 7. The van der Waals surface area contributed by atoms with Crippen LogP contribution in [0.5, 0.6) is 0 Å². The second-order valence-corrected chi connectivity index (χ2v) is 8.45. The summed E-state index contributed by atoms with van der Waals surface area (Å²) in [4.78, 5) is 12.8. The van der Waals surface area contributed by atoms with Crippen molar-refractivity contribution in [3.63, 3.8) is 0 Å². The van der Waals surface area contributed by atoms with Crippen LogP contribution in [0, 0.1) is 5.82 Å². The highest BCUT2D eigenvalue weighted by Gasteiger charge is 2.10. The van der Waals surface area contributed by atoms with Crippen LogP contribution in [-0.4, -0.2) is 23.4 Å². The normalized spacial score (nSPS) is 11.2. The van der Waals surface area contributed by atoms with Crippen molar-refractivity contribution in [1.29, 1.82) is 0 Å². The molecule has 2 aromatic carbocycles. The van der Waals surface area contributed by atoms with E-state index in [0.29, 0.717) is 24.0 Å². The fraction of sp³-hybridized carbons (Fsp3) is 0.0455. The minimum Gasteiger partial charge on any atom is -0.366 e. The van der Waals surface area contributed by atoms with E-state index in [1.54, 1.807) is 42.9 Å². The maximum Gasteiger partial charge on any atom is 0.238 e. The molecule has 32 heavy (non-hydrogen) atoms. The van der Waals surface area contributed by atoms with Crippen molar-refractivity contribution in [3.8, 4) is 11.1 Å². The number of nitrogens with zero attached hydrogens (tertiary/aromatic N) is 3. The Labute approximate surface area is 184 Å². The Balaban J connectivity index is 1.65. The van der Waals surface area contributed by atoms with E-state index in [0.717, 1.165) is 16.7 Å². The van der Waals surface area contributed by atoms with Crippen LogP contribution in [0.25, 0.3) is 11.1 Å². The van der Waals surface area contributed by atoms with E-state index in [4.69, 9.17) is 5.14 Å². The molecule has 2 aromatic heterocycles. The van der Waals surface area contributed by atoms with Gasteiger partial charge in [0, 0.05) is 18.9 Å². The van der Waals surface area contributed by atoms with Crippen molar-refractivity contribution in [1.82, 2.24) is 15.0 Å². The van der Waals surface area contributed by atoms with Crippen molar-refractivity contribution in [2.75, 3.05) is 10.6 Å². The number of pyridine rings is 1. The van der Waals surface area contributed by atoms with E-state index >= 15 is 0 Å². The standard InChI is InChI=1S/C22H19FN6O2S/c23-18-5-1-15(2-6-18)13-27-20-11-17(16-3-7-19(8-4-16)32(24,30)31)12-21(28-20)29-22-14-25-9-10-26-22/h1-12,14H,13H2,(H2,24,30,31)(H2,26,27,28,29). The smallest absolute Gasteiger partial charge is 0.238 e. The molecule has 0 unspecified atom stereocenters. The highest BCUT2D eigenvalue weighted by molar-refractivity contribution is 7.89. The molecule has 0 saturated heterocycles. The zero-order chi connectivity index (χ0) is 22.6. The lowest BCUT2D eigenvalue weighted by Crippen LogP contribution is -2.11. The minimum absolute atomic E-state index is 0.0304. The molecule has 0 radical (unpaired) electrons. The topological polar surface area (TPSA) is 123 Å². The lowest BCUT2D eigenvalue weighted by molar-refractivity contribution is 0.598. The highest BCUT2D eigenvalue weighted by atomic mass is 32.2. The summed E-state index contributed by atoms with van der Waals surface area (Å²) in [5, 5.41) is 11.5. The van der Waals surface area contributed by atoms with Crippen LogP contribution in [0.3, 0.4) is 0 Å². The summed E-state index contributed by atoms with van der Waals surface area (Å²) in [7, 11) is -3.78. The predicted octanol–water partition coefficient (Wildman–Crippen LogP) is 3.68. The average Bonchev–Trinajstić information content (AvgIpc) is 2.79. The van der Waals surface area contributed by atoms with Gasteiger partial charge in [-0.15, -0.1) is 0 Å². The van der Waals surface area contributed by atoms with Crippen molar-refractivity contribution in [3.05, 3.63) is 90.6 Å². The maximum absolute atomic E-state index is 13.2. The van der Waals surface area contributed by atoms with Crippen LogP contribution in [-0.2, 0) is 16.6 Å². The monoisotopic (exact) mass is 450 g/mol. The Morgan fingerprint density at radius 2 is 1.59 bits per heavy atom. The Morgan fingerprint density at radius 1 is 0.875 bits per heavy atom. The second-order valence-electron chi connectivity index (χ2n) is 6.89. The van der Waals surface area contributed by atoms with E-state index in [9.17, 15) is 12.8 Å². The van der Waals surface area contributed by atoms with Gasteiger partial charge in [0.15, 0.2) is 0 Å². The minimum atomic E-state index is -3.78. The molecule has 0 fully saturated rings. The summed E-state index contributed by atoms with van der Waals surface area (Å²) >= 11 is 0. The molecule has 0 bridgehead atoms. The molecule has 0 aliphatic rings. The van der Waals surface area contributed by atoms with Crippen molar-refractivity contribution >= 4 is 27.5 Å². The Hall–Kier alpha value is -3.89. The van der Waals surface area contributed by atoms with Gasteiger partial charge in [0.05, 0.1) is 11.1 Å². The average molecular weight is 450 g/mol. The first-order chi connectivity index (χ1) is 15.4. The van der Waals surface area contributed by atoms with Crippen molar-refractivity contribution in [2.45, 2.75) is 11.4 Å². The molecule has 10 heteroatoms. The number of halogens is 1. The molecular weight excluding hydrogens is 431 g/mol. The van der Waals surface area contributed by atoms with Crippen LogP contribution in [0.15, 0.2) is 84.1 Å². The molecule has 0 amide bonds. The summed E-state index contributed by atoms with van der Waals surface area (Å²) in [5.74, 6) is 1.30. The van der Waals surface area contributed by atoms with E-state index in [1.165, 1.54) is 24.3 Å². The Kier molecular flexibility index (Phi) is 6.06. The van der Waals surface area contributed by atoms with E-state index < -0.39 is 10.0 Å². The van der Waals surface area contributed by atoms with Gasteiger partial charge in [-0.3, -0.25) is 4.98 Å². The SMILES string of the molecule is NS(=O)(=O)c1ccc(-c2cc(NCc3ccc(F)cc3)nc(Nc3cnccn3)c2)cc1. The number of nitrogens with two attached hydrogens (primary N) is 1. The van der Waals surface area contributed by atoms with Crippen LogP contribution in [0.4, 0.5) is 21.8 Å². The third kappa shape index (κ3) is 5.42. The zero-order valence-corrected chi connectivity index (χ0v) is 17.6. The summed E-state index contributed by atoms with van der Waals surface area (Å²) in [5.41, 5.74) is 2.44. The molecule has 0 saturated carbocycles. The summed E-state index contributed by atoms with van der Waals surface area (Å²) in [6, 6.07) is 16.1. The lowest BCUT2D eigenvalue weighted by atomic mass is 10.1. The molecule has 4 N–H and O–H groups in total. The third-order valence-corrected chi connectivity index (χ3v) is 5.48. The molecule has 162 valence electrons. The number of nitrogens with one attached hydrogen (secondary N) is 2. The van der Waals surface area contributed by atoms with Crippen molar-refractivity contribution < 1.29 is 12.8 Å². The summed E-state index contributed by atoms with van der Waals surface area (Å²) in [6.45, 7) is 0.436. The van der Waals surface area contributed by atoms with Gasteiger partial charge < -0.3 is 10.6 Å². The van der Waals surface area contributed by atoms with Crippen molar-refractivity contribution in [2.24, 2.45) is 5.14 Å². The summed E-state index contributed by atoms with van der Waals surface area (Å²) in [6.07, 6.45) is 4.70. The van der Waals surface area contributed by atoms with Gasteiger partial charge in [-0.25, -0.2) is 27.9 Å². The largest absolute Gasteiger partial charge is 0.366 e. The quantitative estimate of drug-likeness (QED) is 0.392. The van der Waals surface area contributed by atoms with Crippen LogP contribution < -0.4 is 15.8 Å². The second kappa shape index (κ2) is 9.08. The van der Waals surface area contributed by atoms with Crippen LogP contribution >= 0.6 is 0 Å². The number of sulfonamides is 1. The molecule has 0 aliphatic carbocycles. The number of primary sulfonamides is 1. The lowest BCUT2D eigenvalue weighted by Gasteiger charge is -2.12. The molecular formula is C22H19FN6O2S. The molecule has 0 atom stereocenters. The molecule has 4 rings (SSSR count). The van der Waals surface area contributed by atoms with Crippen LogP contribution in [0.2, 0.25) is 0 Å². The Bertz CT molecular complexity index is 1320. The fourth-order valence-electron chi connectivity index (χ4n) is 2.98. The number of anilines is 3. The van der Waals surface area contributed by atoms with Gasteiger partial charge in [-0.05, 0) is 53.1 Å². The summed E-state index contributed by atoms with van der Waals surface area (Å²) < 4.78 is 36.2. The Morgan fingerprint density at radius 3 is 2.25 bits per heavy atom. The maximum atomic E-state index is 13.2. The number of hydrogen-bond acceptors (Lipinski definition) is 7. The van der Waals surface area contributed by atoms with Gasteiger partial charge in [-0.1, -0.05) is 24.3 Å². The molecule has 8 nitrogen and oxygen atoms in total. The third-order valence-electron chi connectivity index (χ3n) is 4.55. The molecule has 2 heterocycles. The first-order valence-electron chi connectivity index (χ1n) is 9.53. The predicted molar refractivity (Wildman–Crippen MR) is 120 cm³/mol. The zero-order valence-electron chi connectivity index (χ0n) is 16.7. The van der Waals surface area contributed by atoms with Gasteiger partial charge in [0.2, 0.25) is 10.0 Å². The first kappa shape index (κ1) is 21.3. The first-order valence-corrected chi connectivity index (χ1v) is 11.1. The van der Waals surface area contributed by atoms with Gasteiger partial charge in [0.25, 0.3) is 0 Å². The molecule has 0 aliphatic heterocycles. The van der Waals surface area contributed by atoms with Gasteiger partial charge >= 0.3 is 0 Å². The van der Waals surface area contributed by atoms with E-state index in [2.05, 4.69) is 25.6 Å². The number of benzene rings is 2. The van der Waals surface area contributed by atoms with Gasteiger partial charge in [0.1, 0.15) is 23.3 Å². The fourth-order valence-corrected chi connectivity index (χ4v) is 3.49. The highest BCUT2D eigenvalue weighted by Crippen LogP contribution is 2.27. The van der Waals surface area contributed by atoms with Crippen LogP contribution in [0.1, 0.15) is 5.56 Å². The van der Waals surface area contributed by atoms with Gasteiger partial charge in [-0.2, -0.15) is 0 Å². The van der Waals surface area contributed by atoms with E-state index in [-0.39, 0.29) is 10.7 Å². The molecule has 0 spiro atoms. The number of hydrogen-bond donors (Lipinski definition) is 3. The number of aromatic nitrogens is 3. The molecule has 4 aromatic rings.